The van der Waals surface area contributed by atoms with Gasteiger partial charge in [-0.05, 0) is 19.4 Å². The number of rotatable bonds is 4. The molecular weight excluding hydrogens is 272 g/mol. The van der Waals surface area contributed by atoms with Crippen molar-refractivity contribution in [2.24, 2.45) is 0 Å². The van der Waals surface area contributed by atoms with Crippen molar-refractivity contribution in [3.05, 3.63) is 35.9 Å². The smallest absolute Gasteiger partial charge is 0.190 e. The van der Waals surface area contributed by atoms with Crippen molar-refractivity contribution in [2.45, 2.75) is 56.9 Å². The van der Waals surface area contributed by atoms with Crippen LogP contribution >= 0.6 is 0 Å². The normalized spacial score (nSPS) is 40.2. The number of epoxide rings is 1. The summed E-state index contributed by atoms with van der Waals surface area (Å²) in [7, 11) is 0. The maximum atomic E-state index is 6.10. The monoisotopic (exact) mass is 292 g/mol. The predicted octanol–water partition coefficient (Wildman–Crippen LogP) is 1.85. The van der Waals surface area contributed by atoms with E-state index in [2.05, 4.69) is 0 Å². The lowest BCUT2D eigenvalue weighted by Crippen LogP contribution is -2.39. The Balaban J connectivity index is 1.47. The second-order valence-electron chi connectivity index (χ2n) is 6.20. The first-order valence-electron chi connectivity index (χ1n) is 7.41. The van der Waals surface area contributed by atoms with E-state index >= 15 is 0 Å². The molecule has 21 heavy (non-hydrogen) atoms. The minimum atomic E-state index is -0.626. The van der Waals surface area contributed by atoms with E-state index in [1.165, 1.54) is 0 Å². The third kappa shape index (κ3) is 2.72. The summed E-state index contributed by atoms with van der Waals surface area (Å²) in [5.74, 6) is -0.626. The summed E-state index contributed by atoms with van der Waals surface area (Å²) >= 11 is 0. The van der Waals surface area contributed by atoms with Gasteiger partial charge in [0.15, 0.2) is 12.1 Å². The Labute approximate surface area is 124 Å². The summed E-state index contributed by atoms with van der Waals surface area (Å²) in [6, 6.07) is 10.1. The topological polar surface area (TPSA) is 49.5 Å². The minimum Gasteiger partial charge on any atom is -0.370 e. The second-order valence-corrected chi connectivity index (χ2v) is 6.20. The van der Waals surface area contributed by atoms with E-state index in [4.69, 9.17) is 23.7 Å². The van der Waals surface area contributed by atoms with Crippen LogP contribution in [0.2, 0.25) is 0 Å². The van der Waals surface area contributed by atoms with Crippen molar-refractivity contribution in [3.63, 3.8) is 0 Å². The zero-order valence-electron chi connectivity index (χ0n) is 12.2. The molecule has 5 nitrogen and oxygen atoms in total. The Hall–Kier alpha value is -0.980. The molecule has 0 N–H and O–H groups in total. The highest BCUT2D eigenvalue weighted by atomic mass is 16.8. The maximum Gasteiger partial charge on any atom is 0.190 e. The third-order valence-electron chi connectivity index (χ3n) is 4.04. The van der Waals surface area contributed by atoms with Crippen LogP contribution in [0.1, 0.15) is 19.4 Å². The molecule has 3 heterocycles. The van der Waals surface area contributed by atoms with E-state index in [1.807, 2.05) is 44.2 Å². The van der Waals surface area contributed by atoms with E-state index in [0.29, 0.717) is 6.61 Å². The van der Waals surface area contributed by atoms with Crippen LogP contribution in [-0.2, 0) is 30.3 Å². The first-order chi connectivity index (χ1) is 10.1. The fourth-order valence-corrected chi connectivity index (χ4v) is 3.01. The molecule has 5 heteroatoms. The molecular formula is C16H20O5. The van der Waals surface area contributed by atoms with Gasteiger partial charge in [-0.2, -0.15) is 0 Å². The van der Waals surface area contributed by atoms with Gasteiger partial charge < -0.3 is 23.7 Å². The molecule has 1 aromatic carbocycles. The number of benzene rings is 1. The molecule has 0 radical (unpaired) electrons. The van der Waals surface area contributed by atoms with Gasteiger partial charge in [0, 0.05) is 0 Å². The molecule has 3 aliphatic rings. The SMILES string of the molecule is CC1(C)O[C@@H]2O[C@H]([C@H]3CO3)[C@@H](OCc3ccccc3)[C@@H]2O1. The molecule has 0 amide bonds. The van der Waals surface area contributed by atoms with Gasteiger partial charge in [0.2, 0.25) is 0 Å². The van der Waals surface area contributed by atoms with Crippen LogP contribution < -0.4 is 0 Å². The Kier molecular flexibility index (Phi) is 3.28. The van der Waals surface area contributed by atoms with E-state index in [0.717, 1.165) is 12.2 Å². The molecule has 114 valence electrons. The van der Waals surface area contributed by atoms with Crippen LogP contribution in [0, 0.1) is 0 Å². The van der Waals surface area contributed by atoms with Crippen molar-refractivity contribution < 1.29 is 23.7 Å². The Morgan fingerprint density at radius 3 is 2.62 bits per heavy atom. The molecule has 0 bridgehead atoms. The predicted molar refractivity (Wildman–Crippen MR) is 73.5 cm³/mol. The highest BCUT2D eigenvalue weighted by Gasteiger charge is 2.59. The summed E-state index contributed by atoms with van der Waals surface area (Å²) in [5.41, 5.74) is 1.13. The van der Waals surface area contributed by atoms with Crippen molar-refractivity contribution in [2.75, 3.05) is 6.61 Å². The quantitative estimate of drug-likeness (QED) is 0.793. The van der Waals surface area contributed by atoms with Crippen molar-refractivity contribution in [1.29, 1.82) is 0 Å². The third-order valence-corrected chi connectivity index (χ3v) is 4.04. The van der Waals surface area contributed by atoms with Crippen LogP contribution in [-0.4, -0.2) is 43.1 Å². The summed E-state index contributed by atoms with van der Waals surface area (Å²) in [6.45, 7) is 5.04. The number of ether oxygens (including phenoxy) is 5. The van der Waals surface area contributed by atoms with Gasteiger partial charge >= 0.3 is 0 Å². The maximum absolute atomic E-state index is 6.10. The lowest BCUT2D eigenvalue weighted by atomic mass is 10.1. The first kappa shape index (κ1) is 13.7. The summed E-state index contributed by atoms with van der Waals surface area (Å²) in [6.07, 6.45) is -0.733. The number of fused-ring (bicyclic) bond motifs is 1. The molecule has 0 saturated carbocycles. The first-order valence-corrected chi connectivity index (χ1v) is 7.41. The molecule has 0 unspecified atom stereocenters. The molecule has 0 spiro atoms. The summed E-state index contributed by atoms with van der Waals surface area (Å²) < 4.78 is 29.2. The van der Waals surface area contributed by atoms with Gasteiger partial charge in [0.05, 0.1) is 13.2 Å². The van der Waals surface area contributed by atoms with Gasteiger partial charge in [-0.25, -0.2) is 0 Å². The van der Waals surface area contributed by atoms with Crippen LogP contribution in [0.25, 0.3) is 0 Å². The minimum absolute atomic E-state index is 0.103. The highest BCUT2D eigenvalue weighted by molar-refractivity contribution is 5.13. The second kappa shape index (κ2) is 5.04. The van der Waals surface area contributed by atoms with E-state index in [1.54, 1.807) is 0 Å². The van der Waals surface area contributed by atoms with Crippen LogP contribution in [0.15, 0.2) is 30.3 Å². The molecule has 3 fully saturated rings. The molecule has 3 saturated heterocycles. The summed E-state index contributed by atoms with van der Waals surface area (Å²) in [4.78, 5) is 0. The Bertz CT molecular complexity index is 499. The van der Waals surface area contributed by atoms with Gasteiger partial charge in [0.1, 0.15) is 24.4 Å². The average molecular weight is 292 g/mol. The van der Waals surface area contributed by atoms with E-state index in [-0.39, 0.29) is 30.7 Å². The van der Waals surface area contributed by atoms with Gasteiger partial charge in [-0.3, -0.25) is 0 Å². The Morgan fingerprint density at radius 2 is 1.90 bits per heavy atom. The van der Waals surface area contributed by atoms with Crippen LogP contribution in [0.3, 0.4) is 0 Å². The van der Waals surface area contributed by atoms with E-state index < -0.39 is 5.79 Å². The summed E-state index contributed by atoms with van der Waals surface area (Å²) in [5, 5.41) is 0. The molecule has 0 aliphatic carbocycles. The Morgan fingerprint density at radius 1 is 1.14 bits per heavy atom. The standard InChI is InChI=1S/C16H20O5/c1-16(2)20-14-13(18-8-10-6-4-3-5-7-10)12(11-9-17-11)19-15(14)21-16/h3-7,11-15H,8-9H2,1-2H3/t11-,12-,13-,14+,15+/m1/s1. The number of hydrogen-bond donors (Lipinski definition) is 0. The van der Waals surface area contributed by atoms with Crippen LogP contribution in [0.4, 0.5) is 0 Å². The lowest BCUT2D eigenvalue weighted by molar-refractivity contribution is -0.221. The highest BCUT2D eigenvalue weighted by Crippen LogP contribution is 2.42. The fraction of sp³-hybridized carbons (Fsp3) is 0.625. The van der Waals surface area contributed by atoms with Crippen molar-refractivity contribution in [3.8, 4) is 0 Å². The molecule has 1 aromatic rings. The largest absolute Gasteiger partial charge is 0.370 e. The molecule has 0 aromatic heterocycles. The van der Waals surface area contributed by atoms with Gasteiger partial charge in [-0.15, -0.1) is 0 Å². The molecule has 4 rings (SSSR count). The van der Waals surface area contributed by atoms with Gasteiger partial charge in [0.25, 0.3) is 0 Å². The zero-order valence-corrected chi connectivity index (χ0v) is 12.2. The molecule has 5 atom stereocenters. The lowest BCUT2D eigenvalue weighted by Gasteiger charge is -2.25. The number of hydrogen-bond acceptors (Lipinski definition) is 5. The van der Waals surface area contributed by atoms with Crippen molar-refractivity contribution in [1.82, 2.24) is 0 Å². The van der Waals surface area contributed by atoms with Crippen LogP contribution in [0.5, 0.6) is 0 Å². The fourth-order valence-electron chi connectivity index (χ4n) is 3.01. The van der Waals surface area contributed by atoms with E-state index in [9.17, 15) is 0 Å². The zero-order chi connectivity index (χ0) is 14.4. The average Bonchev–Trinajstić information content (AvgIpc) is 3.18. The van der Waals surface area contributed by atoms with Crippen molar-refractivity contribution >= 4 is 0 Å². The van der Waals surface area contributed by atoms with Gasteiger partial charge in [-0.1, -0.05) is 30.3 Å². The molecule has 3 aliphatic heterocycles.